The molecule has 2 rings (SSSR count). The zero-order valence-electron chi connectivity index (χ0n) is 10.8. The van der Waals surface area contributed by atoms with Crippen LogP contribution in [0.15, 0.2) is 18.3 Å². The number of aromatic nitrogens is 2. The van der Waals surface area contributed by atoms with Crippen LogP contribution in [0.2, 0.25) is 0 Å². The van der Waals surface area contributed by atoms with Crippen molar-refractivity contribution in [2.45, 2.75) is 27.2 Å². The summed E-state index contributed by atoms with van der Waals surface area (Å²) in [5.41, 5.74) is 7.02. The zero-order valence-corrected chi connectivity index (χ0v) is 10.8. The zero-order chi connectivity index (χ0) is 13.5. The molecule has 0 saturated heterocycles. The van der Waals surface area contributed by atoms with Crippen molar-refractivity contribution >= 4 is 17.2 Å². The molecule has 0 spiro atoms. The number of nitrogens with zero attached hydrogens (tertiary/aromatic N) is 2. The number of rotatable bonds is 2. The van der Waals surface area contributed by atoms with E-state index >= 15 is 0 Å². The van der Waals surface area contributed by atoms with Gasteiger partial charge in [0.2, 0.25) is 0 Å². The molecule has 2 heterocycles. The van der Waals surface area contributed by atoms with Crippen LogP contribution in [0.4, 0.5) is 5.69 Å². The molecule has 5 heteroatoms. The van der Waals surface area contributed by atoms with Crippen molar-refractivity contribution < 1.29 is 9.90 Å². The Hall–Kier alpha value is -2.04. The van der Waals surface area contributed by atoms with Crippen LogP contribution in [0.5, 0.6) is 0 Å². The molecular weight excluding hydrogens is 230 g/mol. The van der Waals surface area contributed by atoms with E-state index in [1.54, 1.807) is 22.7 Å². The van der Waals surface area contributed by atoms with Crippen molar-refractivity contribution in [3.63, 3.8) is 0 Å². The fourth-order valence-corrected chi connectivity index (χ4v) is 1.92. The summed E-state index contributed by atoms with van der Waals surface area (Å²) in [5.74, 6) is -0.292. The van der Waals surface area contributed by atoms with Crippen LogP contribution in [0, 0.1) is 5.41 Å². The standard InChI is InChI=1S/C13H17N3O2/c1-13(2,3)6-10-15-11(12(17)18)9-5-4-8(14)7-16(9)10/h4-5,7H,6,14H2,1-3H3,(H,17,18). The Morgan fingerprint density at radius 3 is 2.67 bits per heavy atom. The maximum atomic E-state index is 11.2. The Balaban J connectivity index is 2.65. The minimum absolute atomic E-state index is 0.0294. The van der Waals surface area contributed by atoms with Crippen molar-refractivity contribution in [1.82, 2.24) is 9.38 Å². The van der Waals surface area contributed by atoms with Crippen molar-refractivity contribution in [2.24, 2.45) is 5.41 Å². The van der Waals surface area contributed by atoms with Crippen LogP contribution in [0.3, 0.4) is 0 Å². The first-order valence-corrected chi connectivity index (χ1v) is 5.78. The molecule has 0 atom stereocenters. The van der Waals surface area contributed by atoms with E-state index in [0.717, 1.165) is 5.82 Å². The summed E-state index contributed by atoms with van der Waals surface area (Å²) in [6, 6.07) is 3.38. The van der Waals surface area contributed by atoms with Gasteiger partial charge in [-0.15, -0.1) is 0 Å². The monoisotopic (exact) mass is 247 g/mol. The highest BCUT2D eigenvalue weighted by Crippen LogP contribution is 2.23. The number of fused-ring (bicyclic) bond motifs is 1. The van der Waals surface area contributed by atoms with Crippen molar-refractivity contribution in [2.75, 3.05) is 5.73 Å². The molecule has 0 amide bonds. The average Bonchev–Trinajstić information content (AvgIpc) is 2.54. The third-order valence-electron chi connectivity index (χ3n) is 2.62. The summed E-state index contributed by atoms with van der Waals surface area (Å²) >= 11 is 0. The first-order valence-electron chi connectivity index (χ1n) is 5.78. The van der Waals surface area contributed by atoms with Gasteiger partial charge in [-0.2, -0.15) is 0 Å². The summed E-state index contributed by atoms with van der Waals surface area (Å²) in [4.78, 5) is 15.4. The molecular formula is C13H17N3O2. The van der Waals surface area contributed by atoms with E-state index < -0.39 is 5.97 Å². The SMILES string of the molecule is CC(C)(C)Cc1nc(C(=O)O)c2ccc(N)cn12. The van der Waals surface area contributed by atoms with Crippen LogP contribution < -0.4 is 5.73 Å². The Labute approximate surface area is 105 Å². The summed E-state index contributed by atoms with van der Waals surface area (Å²) in [6.45, 7) is 6.25. The third kappa shape index (κ3) is 2.30. The Morgan fingerprint density at radius 1 is 1.44 bits per heavy atom. The molecule has 0 bridgehead atoms. The molecule has 0 aliphatic rings. The lowest BCUT2D eigenvalue weighted by Crippen LogP contribution is -2.12. The average molecular weight is 247 g/mol. The second-order valence-electron chi connectivity index (χ2n) is 5.64. The number of anilines is 1. The molecule has 0 fully saturated rings. The van der Waals surface area contributed by atoms with Crippen LogP contribution in [0.25, 0.3) is 5.52 Å². The molecule has 0 unspecified atom stereocenters. The summed E-state index contributed by atoms with van der Waals surface area (Å²) in [5, 5.41) is 9.16. The molecule has 96 valence electrons. The summed E-state index contributed by atoms with van der Waals surface area (Å²) in [7, 11) is 0. The largest absolute Gasteiger partial charge is 0.476 e. The summed E-state index contributed by atoms with van der Waals surface area (Å²) < 4.78 is 1.77. The predicted octanol–water partition coefficient (Wildman–Crippen LogP) is 2.20. The molecule has 2 aromatic rings. The number of aromatic carboxylic acids is 1. The van der Waals surface area contributed by atoms with E-state index in [2.05, 4.69) is 25.8 Å². The number of carboxylic acid groups (broad SMARTS) is 1. The minimum atomic E-state index is -1.02. The van der Waals surface area contributed by atoms with Crippen molar-refractivity contribution in [1.29, 1.82) is 0 Å². The summed E-state index contributed by atoms with van der Waals surface area (Å²) in [6.07, 6.45) is 2.40. The highest BCUT2D eigenvalue weighted by Gasteiger charge is 2.20. The van der Waals surface area contributed by atoms with Gasteiger partial charge in [0.1, 0.15) is 5.82 Å². The fraction of sp³-hybridized carbons (Fsp3) is 0.385. The van der Waals surface area contributed by atoms with Gasteiger partial charge < -0.3 is 15.2 Å². The minimum Gasteiger partial charge on any atom is -0.476 e. The van der Waals surface area contributed by atoms with E-state index in [-0.39, 0.29) is 11.1 Å². The van der Waals surface area contributed by atoms with Crippen LogP contribution in [-0.4, -0.2) is 20.5 Å². The number of hydrogen-bond donors (Lipinski definition) is 2. The predicted molar refractivity (Wildman–Crippen MR) is 69.7 cm³/mol. The Morgan fingerprint density at radius 2 is 2.11 bits per heavy atom. The molecule has 5 nitrogen and oxygen atoms in total. The second kappa shape index (κ2) is 4.01. The molecule has 18 heavy (non-hydrogen) atoms. The highest BCUT2D eigenvalue weighted by atomic mass is 16.4. The second-order valence-corrected chi connectivity index (χ2v) is 5.64. The van der Waals surface area contributed by atoms with Crippen LogP contribution in [0.1, 0.15) is 37.1 Å². The molecule has 3 N–H and O–H groups in total. The van der Waals surface area contributed by atoms with E-state index in [4.69, 9.17) is 10.8 Å². The maximum absolute atomic E-state index is 11.2. The maximum Gasteiger partial charge on any atom is 0.356 e. The van der Waals surface area contributed by atoms with Crippen molar-refractivity contribution in [3.05, 3.63) is 29.8 Å². The molecule has 0 aliphatic carbocycles. The Kier molecular flexibility index (Phi) is 2.77. The first-order chi connectivity index (χ1) is 8.28. The van der Waals surface area contributed by atoms with Gasteiger partial charge >= 0.3 is 5.97 Å². The molecule has 0 aliphatic heterocycles. The highest BCUT2D eigenvalue weighted by molar-refractivity contribution is 5.93. The van der Waals surface area contributed by atoms with Gasteiger partial charge in [0, 0.05) is 18.3 Å². The van der Waals surface area contributed by atoms with Gasteiger partial charge in [-0.1, -0.05) is 20.8 Å². The topological polar surface area (TPSA) is 80.6 Å². The molecule has 2 aromatic heterocycles. The quantitative estimate of drug-likeness (QED) is 0.852. The van der Waals surface area contributed by atoms with Crippen LogP contribution >= 0.6 is 0 Å². The van der Waals surface area contributed by atoms with Gasteiger partial charge in [0.05, 0.1) is 5.52 Å². The van der Waals surface area contributed by atoms with E-state index in [1.807, 2.05) is 0 Å². The lowest BCUT2D eigenvalue weighted by atomic mass is 9.92. The van der Waals surface area contributed by atoms with Crippen molar-refractivity contribution in [3.8, 4) is 0 Å². The van der Waals surface area contributed by atoms with Gasteiger partial charge in [0.25, 0.3) is 0 Å². The number of carboxylic acids is 1. The number of nitrogen functional groups attached to an aromatic ring is 1. The van der Waals surface area contributed by atoms with E-state index in [0.29, 0.717) is 17.6 Å². The lowest BCUT2D eigenvalue weighted by molar-refractivity contribution is 0.0693. The molecule has 0 saturated carbocycles. The number of carbonyl (C=O) groups is 1. The number of hydrogen-bond acceptors (Lipinski definition) is 3. The number of pyridine rings is 1. The van der Waals surface area contributed by atoms with Gasteiger partial charge in [-0.3, -0.25) is 0 Å². The van der Waals surface area contributed by atoms with Gasteiger partial charge in [0.15, 0.2) is 5.69 Å². The molecule has 0 aromatic carbocycles. The lowest BCUT2D eigenvalue weighted by Gasteiger charge is -2.16. The van der Waals surface area contributed by atoms with E-state index in [1.165, 1.54) is 0 Å². The van der Waals surface area contributed by atoms with Gasteiger partial charge in [-0.05, 0) is 17.5 Å². The smallest absolute Gasteiger partial charge is 0.356 e. The first kappa shape index (κ1) is 12.4. The number of nitrogens with two attached hydrogens (primary N) is 1. The number of imidazole rings is 1. The van der Waals surface area contributed by atoms with E-state index in [9.17, 15) is 4.79 Å². The fourth-order valence-electron chi connectivity index (χ4n) is 1.92. The van der Waals surface area contributed by atoms with Gasteiger partial charge in [-0.25, -0.2) is 9.78 Å². The normalized spacial score (nSPS) is 11.9. The molecule has 0 radical (unpaired) electrons. The Bertz CT molecular complexity index is 608. The van der Waals surface area contributed by atoms with Crippen LogP contribution in [-0.2, 0) is 6.42 Å². The third-order valence-corrected chi connectivity index (χ3v) is 2.62.